The van der Waals surface area contributed by atoms with Crippen LogP contribution in [-0.2, 0) is 11.3 Å². The Bertz CT molecular complexity index is 601. The van der Waals surface area contributed by atoms with E-state index in [0.717, 1.165) is 0 Å². The largest absolute Gasteiger partial charge is 0.461 e. The Hall–Kier alpha value is -1.82. The third-order valence-corrected chi connectivity index (χ3v) is 3.76. The zero-order valence-electron chi connectivity index (χ0n) is 11.3. The number of anilines is 1. The number of carbonyl (C=O) groups excluding carboxylic acids is 1. The molecule has 2 rings (SSSR count). The highest BCUT2D eigenvalue weighted by Crippen LogP contribution is 2.21. The van der Waals surface area contributed by atoms with Crippen molar-refractivity contribution in [3.63, 3.8) is 0 Å². The number of aromatic nitrogens is 2. The Kier molecular flexibility index (Phi) is 3.90. The average molecular weight is 279 g/mol. The van der Waals surface area contributed by atoms with Gasteiger partial charge in [0.2, 0.25) is 0 Å². The number of rotatable bonds is 4. The van der Waals surface area contributed by atoms with Gasteiger partial charge in [0.1, 0.15) is 11.6 Å². The molecular formula is C13H17N3O2S. The Morgan fingerprint density at radius 2 is 2.21 bits per heavy atom. The van der Waals surface area contributed by atoms with Crippen LogP contribution in [0.25, 0.3) is 0 Å². The highest BCUT2D eigenvalue weighted by atomic mass is 32.1. The van der Waals surface area contributed by atoms with Gasteiger partial charge in [-0.1, -0.05) is 0 Å². The molecule has 19 heavy (non-hydrogen) atoms. The van der Waals surface area contributed by atoms with Crippen LogP contribution in [0.15, 0.2) is 12.1 Å². The monoisotopic (exact) mass is 279 g/mol. The second-order valence-electron chi connectivity index (χ2n) is 4.21. The fraction of sp³-hybridized carbons (Fsp3) is 0.385. The molecule has 5 nitrogen and oxygen atoms in total. The van der Waals surface area contributed by atoms with Gasteiger partial charge in [-0.15, -0.1) is 11.3 Å². The summed E-state index contributed by atoms with van der Waals surface area (Å²) in [6.45, 7) is 6.59. The summed E-state index contributed by atoms with van der Waals surface area (Å²) in [6, 6.07) is 4.12. The van der Waals surface area contributed by atoms with Crippen molar-refractivity contribution in [2.75, 3.05) is 12.3 Å². The molecule has 2 aromatic heterocycles. The standard InChI is InChI=1S/C13H17N3O2S/c1-4-18-13(17)11-12(14)16(9(3)15-11)7-10-6-5-8(2)19-10/h5-6H,4,7,14H2,1-3H3. The first-order valence-corrected chi connectivity index (χ1v) is 6.89. The number of carbonyl (C=O) groups is 1. The van der Waals surface area contributed by atoms with Crippen LogP contribution in [0.2, 0.25) is 0 Å². The van der Waals surface area contributed by atoms with Crippen molar-refractivity contribution in [3.8, 4) is 0 Å². The van der Waals surface area contributed by atoms with E-state index in [4.69, 9.17) is 10.5 Å². The molecule has 0 aliphatic heterocycles. The summed E-state index contributed by atoms with van der Waals surface area (Å²) < 4.78 is 6.77. The molecule has 102 valence electrons. The highest BCUT2D eigenvalue weighted by molar-refractivity contribution is 7.11. The number of nitrogen functional groups attached to an aromatic ring is 1. The van der Waals surface area contributed by atoms with E-state index in [0.29, 0.717) is 24.8 Å². The zero-order chi connectivity index (χ0) is 14.0. The molecule has 0 saturated carbocycles. The summed E-state index contributed by atoms with van der Waals surface area (Å²) in [5, 5.41) is 0. The molecule has 0 saturated heterocycles. The molecule has 2 heterocycles. The average Bonchev–Trinajstić information content (AvgIpc) is 2.88. The molecule has 6 heteroatoms. The third-order valence-electron chi connectivity index (χ3n) is 2.78. The summed E-state index contributed by atoms with van der Waals surface area (Å²) in [7, 11) is 0. The molecule has 0 amide bonds. The molecule has 0 bridgehead atoms. The molecular weight excluding hydrogens is 262 g/mol. The van der Waals surface area contributed by atoms with Crippen LogP contribution in [0.4, 0.5) is 5.82 Å². The Balaban J connectivity index is 2.29. The predicted molar refractivity (Wildman–Crippen MR) is 75.5 cm³/mol. The van der Waals surface area contributed by atoms with Crippen LogP contribution in [-0.4, -0.2) is 22.1 Å². The molecule has 0 aromatic carbocycles. The van der Waals surface area contributed by atoms with Crippen LogP contribution in [0.1, 0.15) is 33.0 Å². The fourth-order valence-corrected chi connectivity index (χ4v) is 2.74. The van der Waals surface area contributed by atoms with Crippen molar-refractivity contribution < 1.29 is 9.53 Å². The van der Waals surface area contributed by atoms with Crippen molar-refractivity contribution >= 4 is 23.1 Å². The summed E-state index contributed by atoms with van der Waals surface area (Å²) in [6.07, 6.45) is 0. The van der Waals surface area contributed by atoms with E-state index in [-0.39, 0.29) is 5.69 Å². The van der Waals surface area contributed by atoms with Gasteiger partial charge < -0.3 is 15.0 Å². The maximum Gasteiger partial charge on any atom is 0.360 e. The highest BCUT2D eigenvalue weighted by Gasteiger charge is 2.19. The van der Waals surface area contributed by atoms with Crippen LogP contribution in [0.3, 0.4) is 0 Å². The molecule has 0 atom stereocenters. The molecule has 0 aliphatic carbocycles. The lowest BCUT2D eigenvalue weighted by atomic mass is 10.4. The normalized spacial score (nSPS) is 10.7. The summed E-state index contributed by atoms with van der Waals surface area (Å²) in [4.78, 5) is 18.3. The van der Waals surface area contributed by atoms with Crippen LogP contribution in [0, 0.1) is 13.8 Å². The van der Waals surface area contributed by atoms with Gasteiger partial charge in [0.25, 0.3) is 0 Å². The van der Waals surface area contributed by atoms with E-state index in [1.165, 1.54) is 9.75 Å². The number of aryl methyl sites for hydroxylation is 2. The lowest BCUT2D eigenvalue weighted by Crippen LogP contribution is -2.10. The lowest BCUT2D eigenvalue weighted by molar-refractivity contribution is 0.0521. The quantitative estimate of drug-likeness (QED) is 0.872. The summed E-state index contributed by atoms with van der Waals surface area (Å²) in [5.74, 6) is 0.609. The number of nitrogens with two attached hydrogens (primary N) is 1. The second-order valence-corrected chi connectivity index (χ2v) is 5.58. The number of hydrogen-bond donors (Lipinski definition) is 1. The molecule has 0 radical (unpaired) electrons. The second kappa shape index (κ2) is 5.44. The van der Waals surface area contributed by atoms with Crippen molar-refractivity contribution in [2.45, 2.75) is 27.3 Å². The number of ether oxygens (including phenoxy) is 1. The summed E-state index contributed by atoms with van der Waals surface area (Å²) in [5.41, 5.74) is 6.20. The van der Waals surface area contributed by atoms with E-state index < -0.39 is 5.97 Å². The Labute approximate surface area is 116 Å². The Morgan fingerprint density at radius 3 is 2.79 bits per heavy atom. The first-order valence-electron chi connectivity index (χ1n) is 6.08. The van der Waals surface area contributed by atoms with Gasteiger partial charge in [0, 0.05) is 9.75 Å². The molecule has 0 spiro atoms. The first kappa shape index (κ1) is 13.6. The number of thiophene rings is 1. The van der Waals surface area contributed by atoms with Crippen LogP contribution in [0.5, 0.6) is 0 Å². The van der Waals surface area contributed by atoms with E-state index in [9.17, 15) is 4.79 Å². The predicted octanol–water partition coefficient (Wildman–Crippen LogP) is 2.37. The van der Waals surface area contributed by atoms with Crippen molar-refractivity contribution in [3.05, 3.63) is 33.4 Å². The Morgan fingerprint density at radius 1 is 1.47 bits per heavy atom. The number of nitrogens with zero attached hydrogens (tertiary/aromatic N) is 2. The fourth-order valence-electron chi connectivity index (χ4n) is 1.86. The van der Waals surface area contributed by atoms with Gasteiger partial charge in [-0.25, -0.2) is 9.78 Å². The van der Waals surface area contributed by atoms with Crippen LogP contribution >= 0.6 is 11.3 Å². The molecule has 0 fully saturated rings. The number of hydrogen-bond acceptors (Lipinski definition) is 5. The lowest BCUT2D eigenvalue weighted by Gasteiger charge is -2.05. The first-order chi connectivity index (χ1) is 9.02. The van der Waals surface area contributed by atoms with Gasteiger partial charge in [-0.3, -0.25) is 0 Å². The maximum atomic E-state index is 11.7. The molecule has 0 aliphatic rings. The zero-order valence-corrected chi connectivity index (χ0v) is 12.1. The van der Waals surface area contributed by atoms with Gasteiger partial charge in [0.15, 0.2) is 5.69 Å². The maximum absolute atomic E-state index is 11.7. The van der Waals surface area contributed by atoms with E-state index in [1.807, 2.05) is 11.5 Å². The van der Waals surface area contributed by atoms with Crippen molar-refractivity contribution in [2.24, 2.45) is 0 Å². The van der Waals surface area contributed by atoms with E-state index in [1.54, 1.807) is 18.3 Å². The smallest absolute Gasteiger partial charge is 0.360 e. The SMILES string of the molecule is CCOC(=O)c1nc(C)n(Cc2ccc(C)s2)c1N. The molecule has 2 N–H and O–H groups in total. The number of imidazole rings is 1. The molecule has 2 aromatic rings. The topological polar surface area (TPSA) is 70.1 Å². The van der Waals surface area contributed by atoms with Crippen molar-refractivity contribution in [1.82, 2.24) is 9.55 Å². The minimum atomic E-state index is -0.468. The summed E-state index contributed by atoms with van der Waals surface area (Å²) >= 11 is 1.71. The van der Waals surface area contributed by atoms with Gasteiger partial charge in [-0.2, -0.15) is 0 Å². The van der Waals surface area contributed by atoms with Crippen molar-refractivity contribution in [1.29, 1.82) is 0 Å². The van der Waals surface area contributed by atoms with Gasteiger partial charge >= 0.3 is 5.97 Å². The molecule has 0 unspecified atom stereocenters. The van der Waals surface area contributed by atoms with Crippen LogP contribution < -0.4 is 5.73 Å². The minimum Gasteiger partial charge on any atom is -0.461 e. The minimum absolute atomic E-state index is 0.202. The van der Waals surface area contributed by atoms with E-state index in [2.05, 4.69) is 24.0 Å². The third kappa shape index (κ3) is 2.78. The van der Waals surface area contributed by atoms with Gasteiger partial charge in [-0.05, 0) is 32.9 Å². The van der Waals surface area contributed by atoms with E-state index >= 15 is 0 Å². The number of esters is 1. The van der Waals surface area contributed by atoms with Gasteiger partial charge in [0.05, 0.1) is 13.2 Å².